The van der Waals surface area contributed by atoms with Crippen molar-refractivity contribution in [3.63, 3.8) is 0 Å². The van der Waals surface area contributed by atoms with Crippen molar-refractivity contribution in [2.24, 2.45) is 0 Å². The topological polar surface area (TPSA) is 37.8 Å². The fourth-order valence-electron chi connectivity index (χ4n) is 1.94. The van der Waals surface area contributed by atoms with Gasteiger partial charge in [-0.15, -0.1) is 5.10 Å². The van der Waals surface area contributed by atoms with Gasteiger partial charge in [-0.3, -0.25) is 0 Å². The van der Waals surface area contributed by atoms with E-state index in [4.69, 9.17) is 0 Å². The Kier molecular flexibility index (Phi) is 3.86. The molecule has 0 fully saturated rings. The van der Waals surface area contributed by atoms with E-state index in [9.17, 15) is 13.2 Å². The van der Waals surface area contributed by atoms with Crippen LogP contribution in [-0.4, -0.2) is 16.6 Å². The second kappa shape index (κ2) is 5.26. The van der Waals surface area contributed by atoms with Crippen LogP contribution >= 0.6 is 11.5 Å². The largest absolute Gasteiger partial charge is 0.416 e. The highest BCUT2D eigenvalue weighted by Crippen LogP contribution is 2.37. The van der Waals surface area contributed by atoms with E-state index in [0.29, 0.717) is 10.6 Å². The smallest absolute Gasteiger partial charge is 0.309 e. The van der Waals surface area contributed by atoms with E-state index in [-0.39, 0.29) is 5.56 Å². The summed E-state index contributed by atoms with van der Waals surface area (Å²) in [6.45, 7) is 1.74. The molecule has 0 spiro atoms. The number of halogens is 3. The van der Waals surface area contributed by atoms with Crippen LogP contribution in [0.3, 0.4) is 0 Å². The van der Waals surface area contributed by atoms with Crippen molar-refractivity contribution in [1.29, 1.82) is 0 Å². The third kappa shape index (κ3) is 2.76. The van der Waals surface area contributed by atoms with Crippen molar-refractivity contribution >= 4 is 11.5 Å². The molecule has 0 saturated heterocycles. The summed E-state index contributed by atoms with van der Waals surface area (Å²) in [6, 6.07) is 4.99. The summed E-state index contributed by atoms with van der Waals surface area (Å²) in [5, 5.41) is 6.75. The van der Waals surface area contributed by atoms with Gasteiger partial charge in [0.2, 0.25) is 0 Å². The van der Waals surface area contributed by atoms with Crippen LogP contribution in [0.4, 0.5) is 13.2 Å². The van der Waals surface area contributed by atoms with Crippen LogP contribution in [0.5, 0.6) is 0 Å². The summed E-state index contributed by atoms with van der Waals surface area (Å²) in [7, 11) is 1.62. The molecule has 0 aliphatic heterocycles. The van der Waals surface area contributed by atoms with Crippen molar-refractivity contribution in [3.8, 4) is 0 Å². The van der Waals surface area contributed by atoms with E-state index in [1.807, 2.05) is 0 Å². The van der Waals surface area contributed by atoms with Crippen LogP contribution < -0.4 is 5.32 Å². The number of alkyl halides is 3. The quantitative estimate of drug-likeness (QED) is 0.942. The Labute approximate surface area is 112 Å². The van der Waals surface area contributed by atoms with Gasteiger partial charge >= 0.3 is 6.18 Å². The number of aromatic nitrogens is 2. The maximum absolute atomic E-state index is 13.0. The summed E-state index contributed by atoms with van der Waals surface area (Å²) >= 11 is 1.11. The molecule has 1 aromatic heterocycles. The molecular weight excluding hydrogens is 275 g/mol. The Hall–Kier alpha value is -1.47. The maximum atomic E-state index is 13.0. The van der Waals surface area contributed by atoms with Crippen molar-refractivity contribution in [2.75, 3.05) is 7.05 Å². The van der Waals surface area contributed by atoms with Crippen LogP contribution in [0.25, 0.3) is 0 Å². The molecule has 0 aliphatic rings. The minimum absolute atomic E-state index is 0.187. The monoisotopic (exact) mass is 287 g/mol. The first-order chi connectivity index (χ1) is 8.95. The first kappa shape index (κ1) is 14.0. The van der Waals surface area contributed by atoms with Gasteiger partial charge in [-0.1, -0.05) is 22.7 Å². The Morgan fingerprint density at radius 1 is 1.26 bits per heavy atom. The molecule has 7 heteroatoms. The highest BCUT2D eigenvalue weighted by Gasteiger charge is 2.35. The molecule has 3 nitrogen and oxygen atoms in total. The standard InChI is InChI=1S/C12H12F3N3S/c1-7-11(19-18-17-7)10(16-2)8-5-3-4-6-9(8)12(13,14)15/h3-6,10,16H,1-2H3. The van der Waals surface area contributed by atoms with Gasteiger partial charge in [0.15, 0.2) is 0 Å². The van der Waals surface area contributed by atoms with Crippen LogP contribution in [0, 0.1) is 6.92 Å². The second-order valence-electron chi connectivity index (χ2n) is 4.03. The number of nitrogens with zero attached hydrogens (tertiary/aromatic N) is 2. The SMILES string of the molecule is CNC(c1ccccc1C(F)(F)F)c1snnc1C. The summed E-state index contributed by atoms with van der Waals surface area (Å²) in [5.74, 6) is 0. The highest BCUT2D eigenvalue weighted by atomic mass is 32.1. The Morgan fingerprint density at radius 3 is 2.47 bits per heavy atom. The van der Waals surface area contributed by atoms with Gasteiger partial charge in [0.25, 0.3) is 0 Å². The molecule has 2 aromatic rings. The molecule has 2 rings (SSSR count). The Bertz CT molecular complexity index is 565. The van der Waals surface area contributed by atoms with Crippen LogP contribution in [0.1, 0.15) is 27.7 Å². The number of hydrogen-bond donors (Lipinski definition) is 1. The van der Waals surface area contributed by atoms with Crippen LogP contribution in [0.2, 0.25) is 0 Å². The van der Waals surface area contributed by atoms with Gasteiger partial charge in [0.1, 0.15) is 0 Å². The molecular formula is C12H12F3N3S. The van der Waals surface area contributed by atoms with Gasteiger partial charge < -0.3 is 5.32 Å². The van der Waals surface area contributed by atoms with Crippen molar-refractivity contribution in [2.45, 2.75) is 19.1 Å². The van der Waals surface area contributed by atoms with Gasteiger partial charge in [0, 0.05) is 0 Å². The zero-order valence-corrected chi connectivity index (χ0v) is 11.1. The molecule has 0 bridgehead atoms. The third-order valence-corrected chi connectivity index (χ3v) is 3.71. The fraction of sp³-hybridized carbons (Fsp3) is 0.333. The van der Waals surface area contributed by atoms with Gasteiger partial charge in [-0.05, 0) is 37.1 Å². The van der Waals surface area contributed by atoms with Crippen LogP contribution in [0.15, 0.2) is 24.3 Å². The lowest BCUT2D eigenvalue weighted by molar-refractivity contribution is -0.138. The van der Waals surface area contributed by atoms with E-state index >= 15 is 0 Å². The molecule has 1 aromatic carbocycles. The lowest BCUT2D eigenvalue weighted by atomic mass is 9.98. The number of aryl methyl sites for hydroxylation is 1. The van der Waals surface area contributed by atoms with E-state index in [2.05, 4.69) is 14.9 Å². The average molecular weight is 287 g/mol. The number of hydrogen-bond acceptors (Lipinski definition) is 4. The molecule has 0 radical (unpaired) electrons. The molecule has 0 aliphatic carbocycles. The molecule has 1 unspecified atom stereocenters. The minimum atomic E-state index is -4.38. The lowest BCUT2D eigenvalue weighted by Gasteiger charge is -2.20. The summed E-state index contributed by atoms with van der Waals surface area (Å²) in [5.41, 5.74) is 0.190. The van der Waals surface area contributed by atoms with E-state index in [1.54, 1.807) is 20.0 Å². The first-order valence-corrected chi connectivity index (χ1v) is 6.34. The highest BCUT2D eigenvalue weighted by molar-refractivity contribution is 7.05. The average Bonchev–Trinajstić information content (AvgIpc) is 2.76. The zero-order valence-electron chi connectivity index (χ0n) is 10.3. The summed E-state index contributed by atoms with van der Waals surface area (Å²) in [4.78, 5) is 0.694. The maximum Gasteiger partial charge on any atom is 0.416 e. The molecule has 0 saturated carbocycles. The van der Waals surface area contributed by atoms with E-state index in [0.717, 1.165) is 17.6 Å². The molecule has 102 valence electrons. The van der Waals surface area contributed by atoms with Crippen molar-refractivity contribution < 1.29 is 13.2 Å². The molecule has 1 heterocycles. The van der Waals surface area contributed by atoms with Crippen LogP contribution in [-0.2, 0) is 6.18 Å². The normalized spacial score (nSPS) is 13.5. The molecule has 0 amide bonds. The lowest BCUT2D eigenvalue weighted by Crippen LogP contribution is -2.21. The number of benzene rings is 1. The number of rotatable bonds is 3. The summed E-state index contributed by atoms with van der Waals surface area (Å²) < 4.78 is 42.9. The Morgan fingerprint density at radius 2 is 1.95 bits per heavy atom. The fourth-order valence-corrected chi connectivity index (χ4v) is 2.71. The first-order valence-electron chi connectivity index (χ1n) is 5.57. The number of nitrogens with one attached hydrogen (secondary N) is 1. The molecule has 1 N–H and O–H groups in total. The van der Waals surface area contributed by atoms with Gasteiger partial charge in [-0.25, -0.2) is 0 Å². The molecule has 1 atom stereocenters. The minimum Gasteiger partial charge on any atom is -0.309 e. The van der Waals surface area contributed by atoms with Gasteiger partial charge in [0.05, 0.1) is 22.2 Å². The predicted molar refractivity (Wildman–Crippen MR) is 67.0 cm³/mol. The second-order valence-corrected chi connectivity index (χ2v) is 4.81. The van der Waals surface area contributed by atoms with Gasteiger partial charge in [-0.2, -0.15) is 13.2 Å². The van der Waals surface area contributed by atoms with Crippen molar-refractivity contribution in [1.82, 2.24) is 14.9 Å². The molecule has 19 heavy (non-hydrogen) atoms. The zero-order chi connectivity index (χ0) is 14.0. The third-order valence-electron chi connectivity index (χ3n) is 2.81. The predicted octanol–water partition coefficient (Wildman–Crippen LogP) is 3.17. The van der Waals surface area contributed by atoms with E-state index < -0.39 is 17.8 Å². The van der Waals surface area contributed by atoms with Crippen molar-refractivity contribution in [3.05, 3.63) is 46.0 Å². The Balaban J connectivity index is 2.54. The van der Waals surface area contributed by atoms with E-state index in [1.165, 1.54) is 12.1 Å². The summed E-state index contributed by atoms with van der Waals surface area (Å²) in [6.07, 6.45) is -4.38.